The molecule has 1 aromatic rings. The monoisotopic (exact) mass is 225 g/mol. The summed E-state index contributed by atoms with van der Waals surface area (Å²) in [5.41, 5.74) is 0. The Morgan fingerprint density at radius 2 is 2.44 bits per heavy atom. The Labute approximate surface area is 93.4 Å². The van der Waals surface area contributed by atoms with Crippen LogP contribution in [0.1, 0.15) is 23.9 Å². The maximum absolute atomic E-state index is 10.6. The Bertz CT molecular complexity index is 374. The molecule has 1 aliphatic rings. The van der Waals surface area contributed by atoms with E-state index >= 15 is 0 Å². The highest BCUT2D eigenvalue weighted by molar-refractivity contribution is 5.84. The molecular formula is C11H15NO4. The van der Waals surface area contributed by atoms with Crippen molar-refractivity contribution < 1.29 is 19.1 Å². The van der Waals surface area contributed by atoms with Crippen LogP contribution in [0.2, 0.25) is 0 Å². The van der Waals surface area contributed by atoms with Crippen molar-refractivity contribution in [1.82, 2.24) is 0 Å². The Kier molecular flexibility index (Phi) is 3.14. The van der Waals surface area contributed by atoms with Gasteiger partial charge in [0, 0.05) is 25.1 Å². The number of furan rings is 1. The topological polar surface area (TPSA) is 71.7 Å². The summed E-state index contributed by atoms with van der Waals surface area (Å²) in [5.74, 6) is -0.140. The number of ether oxygens (including phenoxy) is 1. The number of nitrogens with one attached hydrogen (secondary N) is 1. The molecule has 2 unspecified atom stereocenters. The van der Waals surface area contributed by atoms with E-state index in [-0.39, 0.29) is 11.9 Å². The number of hydrogen-bond acceptors (Lipinski definition) is 4. The van der Waals surface area contributed by atoms with Gasteiger partial charge in [0.05, 0.1) is 6.10 Å². The molecule has 0 aromatic carbocycles. The van der Waals surface area contributed by atoms with Crippen LogP contribution >= 0.6 is 0 Å². The number of carbonyl (C=O) groups is 1. The van der Waals surface area contributed by atoms with E-state index in [2.05, 4.69) is 5.32 Å². The minimum atomic E-state index is -1.05. The van der Waals surface area contributed by atoms with Crippen molar-refractivity contribution in [2.45, 2.75) is 19.4 Å². The van der Waals surface area contributed by atoms with Crippen molar-refractivity contribution in [2.24, 2.45) is 5.92 Å². The van der Waals surface area contributed by atoms with Crippen LogP contribution in [0.4, 0.5) is 5.88 Å². The molecule has 1 saturated heterocycles. The van der Waals surface area contributed by atoms with Gasteiger partial charge in [0.1, 0.15) is 0 Å². The van der Waals surface area contributed by atoms with Gasteiger partial charge >= 0.3 is 5.97 Å². The van der Waals surface area contributed by atoms with Gasteiger partial charge in [0.25, 0.3) is 0 Å². The molecule has 0 radical (unpaired) electrons. The van der Waals surface area contributed by atoms with E-state index in [9.17, 15) is 4.79 Å². The molecule has 2 N–H and O–H groups in total. The lowest BCUT2D eigenvalue weighted by Crippen LogP contribution is -2.20. The zero-order chi connectivity index (χ0) is 11.5. The van der Waals surface area contributed by atoms with Gasteiger partial charge in [-0.2, -0.15) is 0 Å². The van der Waals surface area contributed by atoms with Crippen molar-refractivity contribution in [2.75, 3.05) is 18.5 Å². The van der Waals surface area contributed by atoms with E-state index in [4.69, 9.17) is 14.3 Å². The summed E-state index contributed by atoms with van der Waals surface area (Å²) < 4.78 is 10.5. The van der Waals surface area contributed by atoms with Crippen molar-refractivity contribution in [3.05, 3.63) is 17.9 Å². The van der Waals surface area contributed by atoms with Gasteiger partial charge in [-0.1, -0.05) is 0 Å². The fourth-order valence-electron chi connectivity index (χ4n) is 1.82. The zero-order valence-corrected chi connectivity index (χ0v) is 9.10. The number of rotatable bonds is 4. The lowest BCUT2D eigenvalue weighted by molar-refractivity contribution is 0.0663. The van der Waals surface area contributed by atoms with Gasteiger partial charge < -0.3 is 19.6 Å². The van der Waals surface area contributed by atoms with E-state index in [0.717, 1.165) is 19.6 Å². The lowest BCUT2D eigenvalue weighted by atomic mass is 10.0. The van der Waals surface area contributed by atoms with Gasteiger partial charge in [-0.3, -0.25) is 0 Å². The Balaban J connectivity index is 1.87. The van der Waals surface area contributed by atoms with E-state index in [0.29, 0.717) is 11.8 Å². The van der Waals surface area contributed by atoms with Crippen LogP contribution in [-0.4, -0.2) is 30.3 Å². The van der Waals surface area contributed by atoms with Crippen LogP contribution in [-0.2, 0) is 4.74 Å². The van der Waals surface area contributed by atoms with Crippen LogP contribution in [0, 0.1) is 5.92 Å². The average Bonchev–Trinajstić information content (AvgIpc) is 2.83. The summed E-state index contributed by atoms with van der Waals surface area (Å²) in [7, 11) is 0. The fraction of sp³-hybridized carbons (Fsp3) is 0.545. The molecule has 0 bridgehead atoms. The molecule has 1 aromatic heterocycles. The Morgan fingerprint density at radius 3 is 3.00 bits per heavy atom. The summed E-state index contributed by atoms with van der Waals surface area (Å²) >= 11 is 0. The molecule has 5 nitrogen and oxygen atoms in total. The van der Waals surface area contributed by atoms with Crippen LogP contribution in [0.3, 0.4) is 0 Å². The highest BCUT2D eigenvalue weighted by Crippen LogP contribution is 2.21. The SMILES string of the molecule is CC1OCCC1CNc1ccc(C(=O)O)o1. The van der Waals surface area contributed by atoms with Crippen LogP contribution in [0.25, 0.3) is 0 Å². The molecule has 16 heavy (non-hydrogen) atoms. The minimum absolute atomic E-state index is 0.0433. The molecule has 5 heteroatoms. The second-order valence-corrected chi connectivity index (χ2v) is 3.97. The first-order valence-electron chi connectivity index (χ1n) is 5.35. The molecule has 0 saturated carbocycles. The maximum Gasteiger partial charge on any atom is 0.371 e. The summed E-state index contributed by atoms with van der Waals surface area (Å²) in [6, 6.07) is 3.07. The van der Waals surface area contributed by atoms with Crippen molar-refractivity contribution >= 4 is 11.9 Å². The van der Waals surface area contributed by atoms with Crippen LogP contribution in [0.15, 0.2) is 16.5 Å². The molecule has 0 spiro atoms. The molecule has 2 heterocycles. The summed E-state index contributed by atoms with van der Waals surface area (Å²) in [6.07, 6.45) is 1.28. The minimum Gasteiger partial charge on any atom is -0.475 e. The number of aromatic carboxylic acids is 1. The standard InChI is InChI=1S/C11H15NO4/c1-7-8(4-5-15-7)6-12-10-3-2-9(16-10)11(13)14/h2-3,7-8,12H,4-6H2,1H3,(H,13,14). The van der Waals surface area contributed by atoms with Crippen LogP contribution < -0.4 is 5.32 Å². The summed E-state index contributed by atoms with van der Waals surface area (Å²) in [4.78, 5) is 10.6. The molecule has 2 atom stereocenters. The number of carboxylic acid groups (broad SMARTS) is 1. The predicted molar refractivity (Wildman–Crippen MR) is 57.7 cm³/mol. The third-order valence-corrected chi connectivity index (χ3v) is 2.89. The van der Waals surface area contributed by atoms with E-state index in [1.165, 1.54) is 6.07 Å². The quantitative estimate of drug-likeness (QED) is 0.817. The average molecular weight is 225 g/mol. The molecule has 1 fully saturated rings. The third kappa shape index (κ3) is 2.36. The van der Waals surface area contributed by atoms with Gasteiger partial charge in [-0.25, -0.2) is 4.79 Å². The van der Waals surface area contributed by atoms with Gasteiger partial charge in [0.2, 0.25) is 5.76 Å². The highest BCUT2D eigenvalue weighted by Gasteiger charge is 2.24. The first kappa shape index (κ1) is 11.0. The normalized spacial score (nSPS) is 24.6. The maximum atomic E-state index is 10.6. The molecular weight excluding hydrogens is 210 g/mol. The fourth-order valence-corrected chi connectivity index (χ4v) is 1.82. The first-order chi connectivity index (χ1) is 7.66. The van der Waals surface area contributed by atoms with Crippen molar-refractivity contribution in [3.63, 3.8) is 0 Å². The van der Waals surface area contributed by atoms with Gasteiger partial charge in [-0.05, 0) is 19.4 Å². The molecule has 2 rings (SSSR count). The largest absolute Gasteiger partial charge is 0.475 e. The number of carboxylic acids is 1. The lowest BCUT2D eigenvalue weighted by Gasteiger charge is -2.13. The van der Waals surface area contributed by atoms with Crippen molar-refractivity contribution in [3.8, 4) is 0 Å². The van der Waals surface area contributed by atoms with Crippen LogP contribution in [0.5, 0.6) is 0 Å². The zero-order valence-electron chi connectivity index (χ0n) is 9.10. The van der Waals surface area contributed by atoms with E-state index in [1.54, 1.807) is 6.07 Å². The second-order valence-electron chi connectivity index (χ2n) is 3.97. The van der Waals surface area contributed by atoms with Gasteiger partial charge in [-0.15, -0.1) is 0 Å². The smallest absolute Gasteiger partial charge is 0.371 e. The number of anilines is 1. The van der Waals surface area contributed by atoms with E-state index in [1.807, 2.05) is 6.92 Å². The van der Waals surface area contributed by atoms with Crippen molar-refractivity contribution in [1.29, 1.82) is 0 Å². The van der Waals surface area contributed by atoms with E-state index < -0.39 is 5.97 Å². The molecule has 1 aliphatic heterocycles. The number of hydrogen-bond donors (Lipinski definition) is 2. The predicted octanol–water partition coefficient (Wildman–Crippen LogP) is 1.81. The van der Waals surface area contributed by atoms with Gasteiger partial charge in [0.15, 0.2) is 5.88 Å². The third-order valence-electron chi connectivity index (χ3n) is 2.89. The second kappa shape index (κ2) is 4.57. The Hall–Kier alpha value is -1.49. The molecule has 88 valence electrons. The molecule has 0 aliphatic carbocycles. The highest BCUT2D eigenvalue weighted by atomic mass is 16.5. The first-order valence-corrected chi connectivity index (χ1v) is 5.35. The molecule has 0 amide bonds. The summed E-state index contributed by atoms with van der Waals surface area (Å²) in [6.45, 7) is 3.59. The Morgan fingerprint density at radius 1 is 1.62 bits per heavy atom. The summed E-state index contributed by atoms with van der Waals surface area (Å²) in [5, 5.41) is 11.8.